The number of nitrogens with one attached hydrogen (secondary N) is 2. The smallest absolute Gasteiger partial charge is 0.354 e. The second-order valence-corrected chi connectivity index (χ2v) is 22.9. The third kappa shape index (κ3) is 14.4. The quantitative estimate of drug-likeness (QED) is 0.0540. The summed E-state index contributed by atoms with van der Waals surface area (Å²) in [5.41, 5.74) is 7.41. The van der Waals surface area contributed by atoms with Crippen LogP contribution in [-0.4, -0.2) is 107 Å². The van der Waals surface area contributed by atoms with Gasteiger partial charge < -0.3 is 9.97 Å². The molecule has 0 saturated carbocycles. The molecule has 392 valence electrons. The van der Waals surface area contributed by atoms with Crippen LogP contribution in [0.4, 0.5) is 0 Å². The minimum Gasteiger partial charge on any atom is -0.354 e. The molecule has 2 aliphatic heterocycles. The topological polar surface area (TPSA) is 424 Å². The van der Waals surface area contributed by atoms with Gasteiger partial charge in [0.25, 0.3) is 40.5 Å². The predicted octanol–water partition coefficient (Wildman–Crippen LogP) is 7.00. The number of hydrogen-bond acceptors (Lipinski definition) is 14. The van der Waals surface area contributed by atoms with E-state index in [-0.39, 0.29) is 36.7 Å². The van der Waals surface area contributed by atoms with Crippen LogP contribution in [0.3, 0.4) is 0 Å². The Labute approximate surface area is 436 Å². The number of aromatic amines is 2. The van der Waals surface area contributed by atoms with Gasteiger partial charge in [-0.25, -0.2) is 9.97 Å². The Morgan fingerprint density at radius 1 is 0.280 bits per heavy atom. The molecular weight excluding hydrogens is 1150 g/mol. The van der Waals surface area contributed by atoms with Crippen LogP contribution in [0.1, 0.15) is 22.8 Å². The summed E-state index contributed by atoms with van der Waals surface area (Å²) in [6.07, 6.45) is 6.88. The Morgan fingerprint density at radius 2 is 0.467 bits per heavy atom. The van der Waals surface area contributed by atoms with Crippen molar-refractivity contribution in [3.8, 4) is 44.5 Å². The summed E-state index contributed by atoms with van der Waals surface area (Å²) in [5, 5.41) is 0. The van der Waals surface area contributed by atoms with E-state index in [1.54, 1.807) is 48.6 Å². The second kappa shape index (κ2) is 21.5. The summed E-state index contributed by atoms with van der Waals surface area (Å²) in [6.45, 7) is 0. The molecule has 0 unspecified atom stereocenters. The maximum atomic E-state index is 12.0. The van der Waals surface area contributed by atoms with Crippen molar-refractivity contribution in [1.82, 2.24) is 19.9 Å². The number of H-pyrrole nitrogens is 2. The van der Waals surface area contributed by atoms with Gasteiger partial charge in [-0.1, -0.05) is 48.5 Å². The molecule has 5 heterocycles. The molecular formula is C44H34FeN4O20S6+2. The van der Waals surface area contributed by atoms with Crippen LogP contribution >= 0.6 is 0 Å². The summed E-state index contributed by atoms with van der Waals surface area (Å²) in [6, 6.07) is 29.1. The van der Waals surface area contributed by atoms with Gasteiger partial charge in [0.1, 0.15) is 0 Å². The van der Waals surface area contributed by atoms with Crippen LogP contribution < -0.4 is 0 Å². The van der Waals surface area contributed by atoms with Crippen molar-refractivity contribution in [3.63, 3.8) is 0 Å². The van der Waals surface area contributed by atoms with Crippen LogP contribution in [0.15, 0.2) is 141 Å². The summed E-state index contributed by atoms with van der Waals surface area (Å²) in [5.74, 6) is 0. The molecule has 0 amide bonds. The van der Waals surface area contributed by atoms with Crippen molar-refractivity contribution in [2.75, 3.05) is 0 Å². The van der Waals surface area contributed by atoms with E-state index in [9.17, 15) is 51.9 Å². The van der Waals surface area contributed by atoms with E-state index in [4.69, 9.17) is 45.0 Å². The number of hydrogen-bond donors (Lipinski definition) is 10. The molecule has 24 nitrogen and oxygen atoms in total. The van der Waals surface area contributed by atoms with E-state index in [1.165, 1.54) is 97.1 Å². The number of fused-ring (bicyclic) bond motifs is 8. The molecule has 10 N–H and O–H groups in total. The zero-order valence-electron chi connectivity index (χ0n) is 37.0. The van der Waals surface area contributed by atoms with E-state index >= 15 is 0 Å². The van der Waals surface area contributed by atoms with Gasteiger partial charge in [-0.05, 0) is 119 Å². The largest absolute Gasteiger partial charge is 2.00 e. The Morgan fingerprint density at radius 3 is 0.693 bits per heavy atom. The van der Waals surface area contributed by atoms with Crippen molar-refractivity contribution in [2.24, 2.45) is 0 Å². The third-order valence-corrected chi connectivity index (χ3v) is 14.0. The minimum absolute atomic E-state index is 0. The van der Waals surface area contributed by atoms with E-state index in [1.807, 2.05) is 0 Å². The molecule has 0 fully saturated rings. The molecule has 75 heavy (non-hydrogen) atoms. The van der Waals surface area contributed by atoms with Gasteiger partial charge in [0.05, 0.1) is 42.4 Å². The maximum absolute atomic E-state index is 12.0. The van der Waals surface area contributed by atoms with Crippen LogP contribution in [0.2, 0.25) is 0 Å². The molecule has 0 aliphatic carbocycles. The van der Waals surface area contributed by atoms with E-state index in [0.717, 1.165) is 0 Å². The van der Waals surface area contributed by atoms with Gasteiger partial charge in [-0.2, -0.15) is 50.5 Å². The normalized spacial score (nSPS) is 12.7. The molecule has 8 bridgehead atoms. The van der Waals surface area contributed by atoms with Gasteiger partial charge in [-0.3, -0.25) is 36.4 Å². The van der Waals surface area contributed by atoms with Gasteiger partial charge in [0.15, 0.2) is 0 Å². The predicted molar refractivity (Wildman–Crippen MR) is 268 cm³/mol. The zero-order chi connectivity index (χ0) is 54.3. The second-order valence-electron chi connectivity index (χ2n) is 15.4. The fourth-order valence-electron chi connectivity index (χ4n) is 7.59. The van der Waals surface area contributed by atoms with Gasteiger partial charge >= 0.3 is 37.9 Å². The van der Waals surface area contributed by atoms with E-state index < -0.39 is 61.3 Å². The third-order valence-electron chi connectivity index (χ3n) is 10.5. The monoisotopic (exact) mass is 1190 g/mol. The van der Waals surface area contributed by atoms with Crippen molar-refractivity contribution in [3.05, 3.63) is 144 Å². The zero-order valence-corrected chi connectivity index (χ0v) is 43.0. The number of benzene rings is 4. The fourth-order valence-corrected chi connectivity index (χ4v) is 9.51. The van der Waals surface area contributed by atoms with Gasteiger partial charge in [0.2, 0.25) is 0 Å². The first-order chi connectivity index (χ1) is 34.2. The number of rotatable bonds is 8. The Balaban J connectivity index is 0.000000761. The first-order valence-electron chi connectivity index (χ1n) is 20.1. The molecule has 31 heteroatoms. The van der Waals surface area contributed by atoms with Crippen molar-refractivity contribution in [1.29, 1.82) is 0 Å². The average molecular weight is 1190 g/mol. The number of nitrogens with zero attached hydrogens (tertiary/aromatic N) is 2. The van der Waals surface area contributed by atoms with E-state index in [2.05, 4.69) is 9.97 Å². The standard InChI is InChI=1S/C44H30N4O12S4.Fe.2H2O4S/c49-61(50,51)29-9-1-25(2-10-29)41-33-17-19-35(45-33)42(26-3-11-30(12-4-26)62(52,53)54)37-21-23-39(47-37)44(28-7-15-32(16-8-28)64(58,59)60)40-24-22-38(48-40)43(36-20-18-34(41)46-36)27-5-13-31(14-6-27)63(55,56)57;;2*1-5(2,3)4/h1-24,45-46H,(H,49,50,51)(H,52,53,54)(H,55,56,57)(H,58,59,60);;2*(H2,1,2,3,4)/q;+2;;. The Kier molecular flexibility index (Phi) is 16.6. The Hall–Kier alpha value is -6.62. The first kappa shape index (κ1) is 57.7. The van der Waals surface area contributed by atoms with Crippen molar-refractivity contribution >= 4 is 108 Å². The van der Waals surface area contributed by atoms with Gasteiger partial charge in [0, 0.05) is 44.3 Å². The van der Waals surface area contributed by atoms with Crippen LogP contribution in [0.5, 0.6) is 0 Å². The molecule has 3 aromatic heterocycles. The van der Waals surface area contributed by atoms with Crippen molar-refractivity contribution < 1.29 is 104 Å². The van der Waals surface area contributed by atoms with Crippen LogP contribution in [0.25, 0.3) is 90.9 Å². The molecule has 0 radical (unpaired) electrons. The van der Waals surface area contributed by atoms with Crippen LogP contribution in [0, 0.1) is 0 Å². The summed E-state index contributed by atoms with van der Waals surface area (Å²) < 4.78 is 198. The van der Waals surface area contributed by atoms with Crippen LogP contribution in [-0.2, 0) is 78.3 Å². The SMILES string of the molecule is O=S(=O)(O)O.O=S(=O)(O)O.O=S(=O)(O)c1ccc(-c2c3nc(c(-c4ccc(S(=O)(=O)O)cc4)c4ccc([nH]4)c(-c4ccc(S(=O)(=O)O)cc4)c4ccc([nH]4)c(-c4ccc(S(=O)(=O)O)cc4)c4nc2C=C4)C=C3)cc1.[Fe+2]. The maximum Gasteiger partial charge on any atom is 2.00 e. The molecule has 0 spiro atoms. The average Bonchev–Trinajstić information content (AvgIpc) is 4.13. The molecule has 4 aromatic carbocycles. The first-order valence-corrected chi connectivity index (χ1v) is 28.7. The van der Waals surface area contributed by atoms with E-state index in [0.29, 0.717) is 89.4 Å². The molecule has 0 saturated heterocycles. The van der Waals surface area contributed by atoms with Crippen molar-refractivity contribution in [2.45, 2.75) is 19.6 Å². The van der Waals surface area contributed by atoms with Gasteiger partial charge in [-0.15, -0.1) is 0 Å². The molecule has 2 aliphatic rings. The summed E-state index contributed by atoms with van der Waals surface area (Å²) in [4.78, 5) is 15.6. The fraction of sp³-hybridized carbons (Fsp3) is 0. The minimum atomic E-state index is -4.67. The molecule has 0 atom stereocenters. The Bertz CT molecular complexity index is 4120. The molecule has 9 rings (SSSR count). The summed E-state index contributed by atoms with van der Waals surface area (Å²) in [7, 11) is -27.5. The summed E-state index contributed by atoms with van der Waals surface area (Å²) >= 11 is 0. The molecule has 7 aromatic rings. The number of aromatic nitrogens is 4.